The van der Waals surface area contributed by atoms with Crippen molar-refractivity contribution < 1.29 is 4.74 Å². The lowest BCUT2D eigenvalue weighted by Crippen LogP contribution is -2.04. The molecule has 0 atom stereocenters. The van der Waals surface area contributed by atoms with Gasteiger partial charge in [-0.15, -0.1) is 0 Å². The third-order valence-corrected chi connectivity index (χ3v) is 2.80. The number of ether oxygens (including phenoxy) is 1. The summed E-state index contributed by atoms with van der Waals surface area (Å²) in [5.74, 6) is 1.94. The smallest absolute Gasteiger partial charge is 0.161 e. The largest absolute Gasteiger partial charge is 0.497 e. The molecule has 0 saturated carbocycles. The van der Waals surface area contributed by atoms with Crippen LogP contribution in [0.25, 0.3) is 0 Å². The first-order valence-electron chi connectivity index (χ1n) is 4.47. The summed E-state index contributed by atoms with van der Waals surface area (Å²) < 4.78 is 5.13. The highest BCUT2D eigenvalue weighted by molar-refractivity contribution is 8.14. The number of hydrogen-bond acceptors (Lipinski definition) is 4. The fourth-order valence-electron chi connectivity index (χ4n) is 1.24. The number of rotatable bonds is 2. The Kier molecular flexibility index (Phi) is 2.93. The Bertz CT molecular complexity index is 352. The molecule has 3 nitrogen and oxygen atoms in total. The van der Waals surface area contributed by atoms with E-state index in [1.165, 1.54) is 0 Å². The fraction of sp³-hybridized carbons (Fsp3) is 0.300. The molecule has 1 aliphatic heterocycles. The van der Waals surface area contributed by atoms with E-state index in [9.17, 15) is 0 Å². The Balaban J connectivity index is 2.08. The van der Waals surface area contributed by atoms with Crippen LogP contribution in [0.15, 0.2) is 29.3 Å². The molecule has 0 radical (unpaired) electrons. The third-order valence-electron chi connectivity index (χ3n) is 1.91. The normalized spacial score (nSPS) is 15.1. The zero-order chi connectivity index (χ0) is 9.80. The first-order valence-corrected chi connectivity index (χ1v) is 5.45. The van der Waals surface area contributed by atoms with E-state index in [2.05, 4.69) is 10.3 Å². The van der Waals surface area contributed by atoms with Crippen LogP contribution >= 0.6 is 11.8 Å². The number of nitrogens with one attached hydrogen (secondary N) is 1. The van der Waals surface area contributed by atoms with Crippen LogP contribution in [-0.4, -0.2) is 24.6 Å². The number of benzene rings is 1. The lowest BCUT2D eigenvalue weighted by molar-refractivity contribution is 0.415. The molecule has 1 aromatic carbocycles. The summed E-state index contributed by atoms with van der Waals surface area (Å²) in [4.78, 5) is 4.31. The summed E-state index contributed by atoms with van der Waals surface area (Å²) >= 11 is 1.75. The van der Waals surface area contributed by atoms with E-state index in [-0.39, 0.29) is 0 Å². The quantitative estimate of drug-likeness (QED) is 0.809. The second-order valence-electron chi connectivity index (χ2n) is 2.89. The van der Waals surface area contributed by atoms with E-state index >= 15 is 0 Å². The van der Waals surface area contributed by atoms with E-state index in [0.717, 1.165) is 28.9 Å². The van der Waals surface area contributed by atoms with E-state index in [0.29, 0.717) is 0 Å². The highest BCUT2D eigenvalue weighted by Gasteiger charge is 2.06. The standard InChI is InChI=1S/C10H12N2OS/c1-13-9-4-2-3-8(7-9)12-10-11-5-6-14-10/h2-4,7H,5-6H2,1H3,(H,11,12). The fourth-order valence-corrected chi connectivity index (χ4v) is 1.98. The topological polar surface area (TPSA) is 33.6 Å². The van der Waals surface area contributed by atoms with Crippen LogP contribution in [0.2, 0.25) is 0 Å². The van der Waals surface area contributed by atoms with Crippen LogP contribution < -0.4 is 10.1 Å². The Morgan fingerprint density at radius 3 is 3.14 bits per heavy atom. The van der Waals surface area contributed by atoms with Crippen molar-refractivity contribution in [1.29, 1.82) is 0 Å². The molecular formula is C10H12N2OS. The first-order chi connectivity index (χ1) is 6.88. The summed E-state index contributed by atoms with van der Waals surface area (Å²) in [7, 11) is 1.67. The molecule has 0 bridgehead atoms. The zero-order valence-electron chi connectivity index (χ0n) is 7.99. The van der Waals surface area contributed by atoms with Crippen molar-refractivity contribution in [2.24, 2.45) is 4.99 Å². The minimum atomic E-state index is 0.860. The van der Waals surface area contributed by atoms with Gasteiger partial charge in [0.15, 0.2) is 5.17 Å². The molecule has 74 valence electrons. The van der Waals surface area contributed by atoms with Gasteiger partial charge in [-0.1, -0.05) is 17.8 Å². The maximum Gasteiger partial charge on any atom is 0.161 e. The van der Waals surface area contributed by atoms with Gasteiger partial charge in [-0.05, 0) is 12.1 Å². The van der Waals surface area contributed by atoms with Gasteiger partial charge < -0.3 is 10.1 Å². The maximum absolute atomic E-state index is 5.13. The van der Waals surface area contributed by atoms with Crippen LogP contribution in [0.3, 0.4) is 0 Å². The van der Waals surface area contributed by atoms with Crippen LogP contribution in [0.5, 0.6) is 5.75 Å². The van der Waals surface area contributed by atoms with Gasteiger partial charge in [0.2, 0.25) is 0 Å². The van der Waals surface area contributed by atoms with Crippen LogP contribution in [0.4, 0.5) is 5.69 Å². The van der Waals surface area contributed by atoms with E-state index in [1.54, 1.807) is 18.9 Å². The molecule has 1 heterocycles. The second kappa shape index (κ2) is 4.37. The van der Waals surface area contributed by atoms with E-state index < -0.39 is 0 Å². The second-order valence-corrected chi connectivity index (χ2v) is 3.98. The molecule has 0 amide bonds. The molecule has 1 aliphatic rings. The van der Waals surface area contributed by atoms with Crippen molar-refractivity contribution >= 4 is 22.6 Å². The van der Waals surface area contributed by atoms with E-state index in [1.807, 2.05) is 24.3 Å². The number of aliphatic imine (C=N–C) groups is 1. The highest BCUT2D eigenvalue weighted by atomic mass is 32.2. The molecule has 0 unspecified atom stereocenters. The Morgan fingerprint density at radius 1 is 1.50 bits per heavy atom. The Hall–Kier alpha value is -1.16. The monoisotopic (exact) mass is 208 g/mol. The average molecular weight is 208 g/mol. The molecule has 1 N–H and O–H groups in total. The predicted octanol–water partition coefficient (Wildman–Crippen LogP) is 2.21. The highest BCUT2D eigenvalue weighted by Crippen LogP contribution is 2.20. The van der Waals surface area contributed by atoms with Gasteiger partial charge in [-0.2, -0.15) is 0 Å². The summed E-state index contributed by atoms with van der Waals surface area (Å²) in [6, 6.07) is 7.85. The van der Waals surface area contributed by atoms with Crippen molar-refractivity contribution in [2.75, 3.05) is 24.7 Å². The molecule has 0 spiro atoms. The average Bonchev–Trinajstić information content (AvgIpc) is 2.71. The van der Waals surface area contributed by atoms with Gasteiger partial charge in [0, 0.05) is 17.5 Å². The van der Waals surface area contributed by atoms with Gasteiger partial charge in [-0.3, -0.25) is 4.99 Å². The number of nitrogens with zero attached hydrogens (tertiary/aromatic N) is 1. The van der Waals surface area contributed by atoms with E-state index in [4.69, 9.17) is 4.74 Å². The number of methoxy groups -OCH3 is 1. The summed E-state index contributed by atoms with van der Waals surface area (Å²) in [5, 5.41) is 4.25. The van der Waals surface area contributed by atoms with Crippen molar-refractivity contribution in [3.05, 3.63) is 24.3 Å². The predicted molar refractivity (Wildman–Crippen MR) is 61.4 cm³/mol. The molecule has 2 rings (SSSR count). The summed E-state index contributed by atoms with van der Waals surface area (Å²) in [6.07, 6.45) is 0. The van der Waals surface area contributed by atoms with Crippen LogP contribution in [0.1, 0.15) is 0 Å². The lowest BCUT2D eigenvalue weighted by atomic mass is 10.3. The summed E-state index contributed by atoms with van der Waals surface area (Å²) in [5.41, 5.74) is 1.03. The van der Waals surface area contributed by atoms with Gasteiger partial charge >= 0.3 is 0 Å². The van der Waals surface area contributed by atoms with Crippen molar-refractivity contribution in [3.8, 4) is 5.75 Å². The van der Waals surface area contributed by atoms with Gasteiger partial charge in [0.1, 0.15) is 5.75 Å². The molecule has 0 saturated heterocycles. The SMILES string of the molecule is COc1cccc(NC2=NCCS2)c1. The first kappa shape index (κ1) is 9.40. The molecule has 0 fully saturated rings. The number of hydrogen-bond donors (Lipinski definition) is 1. The number of thioether (sulfide) groups is 1. The van der Waals surface area contributed by atoms with Crippen LogP contribution in [-0.2, 0) is 0 Å². The van der Waals surface area contributed by atoms with Crippen molar-refractivity contribution in [1.82, 2.24) is 0 Å². The molecule has 1 aromatic rings. The van der Waals surface area contributed by atoms with Gasteiger partial charge in [0.25, 0.3) is 0 Å². The summed E-state index contributed by atoms with van der Waals surface area (Å²) in [6.45, 7) is 0.914. The van der Waals surface area contributed by atoms with Crippen LogP contribution in [0, 0.1) is 0 Å². The zero-order valence-corrected chi connectivity index (χ0v) is 8.80. The number of amidine groups is 1. The lowest BCUT2D eigenvalue weighted by Gasteiger charge is -2.06. The van der Waals surface area contributed by atoms with Crippen molar-refractivity contribution in [2.45, 2.75) is 0 Å². The molecule has 14 heavy (non-hydrogen) atoms. The molecule has 0 aliphatic carbocycles. The molecule has 0 aromatic heterocycles. The third kappa shape index (κ3) is 2.20. The Labute approximate surface area is 87.6 Å². The number of anilines is 1. The van der Waals surface area contributed by atoms with Gasteiger partial charge in [-0.25, -0.2) is 0 Å². The van der Waals surface area contributed by atoms with Crippen molar-refractivity contribution in [3.63, 3.8) is 0 Å². The molecule has 4 heteroatoms. The van der Waals surface area contributed by atoms with Gasteiger partial charge in [0.05, 0.1) is 13.7 Å². The maximum atomic E-state index is 5.13. The minimum Gasteiger partial charge on any atom is -0.497 e. The minimum absolute atomic E-state index is 0.860. The Morgan fingerprint density at radius 2 is 2.43 bits per heavy atom. The molecular weight excluding hydrogens is 196 g/mol.